The summed E-state index contributed by atoms with van der Waals surface area (Å²) in [5.41, 5.74) is 5.35. The van der Waals surface area contributed by atoms with Crippen LogP contribution in [0.5, 0.6) is 0 Å². The van der Waals surface area contributed by atoms with Crippen LogP contribution in [-0.4, -0.2) is 98.9 Å². The lowest BCUT2D eigenvalue weighted by Crippen LogP contribution is -2.57. The van der Waals surface area contributed by atoms with Gasteiger partial charge in [0.1, 0.15) is 24.2 Å². The number of carboxylic acid groups (broad SMARTS) is 2. The predicted molar refractivity (Wildman–Crippen MR) is 90.6 cm³/mol. The zero-order valence-electron chi connectivity index (χ0n) is 14.9. The van der Waals surface area contributed by atoms with Gasteiger partial charge in [-0.2, -0.15) is 0 Å². The maximum Gasteiger partial charge on any atom is 0.328 e. The largest absolute Gasteiger partial charge is 0.481 e. The first-order valence-corrected chi connectivity index (χ1v) is 8.45. The van der Waals surface area contributed by atoms with Gasteiger partial charge in [0, 0.05) is 6.54 Å². The van der Waals surface area contributed by atoms with Crippen LogP contribution < -0.4 is 16.4 Å². The standard InChI is InChI=1S/C15H24N4O9/c16-7(5-20)12(24)17-8(4-11(22)23)14(26)19-3-1-2-10(19)13(25)18-9(6-21)15(27)28/h7-10,20-21H,1-6,16H2,(H,17,24)(H,18,25)(H,22,23)(H,27,28). The van der Waals surface area contributed by atoms with E-state index in [1.165, 1.54) is 0 Å². The summed E-state index contributed by atoms with van der Waals surface area (Å²) in [4.78, 5) is 59.9. The minimum atomic E-state index is -1.55. The van der Waals surface area contributed by atoms with E-state index in [1.54, 1.807) is 0 Å². The fourth-order valence-corrected chi connectivity index (χ4v) is 2.69. The number of rotatable bonds is 10. The van der Waals surface area contributed by atoms with E-state index in [4.69, 9.17) is 26.2 Å². The maximum atomic E-state index is 12.7. The number of nitrogens with two attached hydrogens (primary N) is 1. The number of aliphatic hydroxyl groups excluding tert-OH is 2. The van der Waals surface area contributed by atoms with Crippen molar-refractivity contribution in [3.8, 4) is 0 Å². The van der Waals surface area contributed by atoms with Gasteiger partial charge in [-0.25, -0.2) is 4.79 Å². The van der Waals surface area contributed by atoms with E-state index in [1.807, 2.05) is 0 Å². The van der Waals surface area contributed by atoms with Crippen LogP contribution in [0.25, 0.3) is 0 Å². The Labute approximate surface area is 159 Å². The molecule has 0 aliphatic carbocycles. The lowest BCUT2D eigenvalue weighted by Gasteiger charge is -2.29. The first-order chi connectivity index (χ1) is 13.1. The number of hydrogen-bond acceptors (Lipinski definition) is 8. The number of carbonyl (C=O) groups is 5. The minimum Gasteiger partial charge on any atom is -0.481 e. The van der Waals surface area contributed by atoms with Crippen LogP contribution in [0.2, 0.25) is 0 Å². The molecule has 0 aromatic rings. The van der Waals surface area contributed by atoms with Gasteiger partial charge in [0.15, 0.2) is 0 Å². The van der Waals surface area contributed by atoms with Crippen molar-refractivity contribution in [3.05, 3.63) is 0 Å². The predicted octanol–water partition coefficient (Wildman–Crippen LogP) is -4.18. The Hall–Kier alpha value is -2.77. The highest BCUT2D eigenvalue weighted by Crippen LogP contribution is 2.19. The molecule has 1 rings (SSSR count). The van der Waals surface area contributed by atoms with Crippen molar-refractivity contribution in [2.24, 2.45) is 5.73 Å². The first-order valence-electron chi connectivity index (χ1n) is 8.45. The van der Waals surface area contributed by atoms with E-state index < -0.39 is 73.5 Å². The van der Waals surface area contributed by atoms with Crippen LogP contribution in [0.15, 0.2) is 0 Å². The zero-order valence-corrected chi connectivity index (χ0v) is 14.9. The second-order valence-corrected chi connectivity index (χ2v) is 6.22. The van der Waals surface area contributed by atoms with Gasteiger partial charge in [0.05, 0.1) is 19.6 Å². The topological polar surface area (TPSA) is 220 Å². The van der Waals surface area contributed by atoms with Crippen LogP contribution in [0.1, 0.15) is 19.3 Å². The number of aliphatic carboxylic acids is 2. The van der Waals surface area contributed by atoms with E-state index in [-0.39, 0.29) is 13.0 Å². The minimum absolute atomic E-state index is 0.0891. The van der Waals surface area contributed by atoms with Gasteiger partial charge in [0.25, 0.3) is 0 Å². The molecule has 0 spiro atoms. The molecule has 0 aromatic heterocycles. The Balaban J connectivity index is 2.93. The molecule has 8 N–H and O–H groups in total. The molecule has 1 fully saturated rings. The Morgan fingerprint density at radius 3 is 2.18 bits per heavy atom. The summed E-state index contributed by atoms with van der Waals surface area (Å²) in [7, 11) is 0. The van der Waals surface area contributed by atoms with Gasteiger partial charge in [0.2, 0.25) is 17.7 Å². The molecule has 3 amide bonds. The van der Waals surface area contributed by atoms with E-state index in [2.05, 4.69) is 10.6 Å². The van der Waals surface area contributed by atoms with Crippen molar-refractivity contribution in [1.82, 2.24) is 15.5 Å². The Morgan fingerprint density at radius 2 is 1.68 bits per heavy atom. The number of hydrogen-bond donors (Lipinski definition) is 7. The Morgan fingerprint density at radius 1 is 1.04 bits per heavy atom. The van der Waals surface area contributed by atoms with Crippen molar-refractivity contribution in [2.45, 2.75) is 43.4 Å². The molecule has 0 aromatic carbocycles. The molecule has 0 radical (unpaired) electrons. The summed E-state index contributed by atoms with van der Waals surface area (Å²) in [6.07, 6.45) is -0.189. The van der Waals surface area contributed by atoms with Gasteiger partial charge < -0.3 is 41.7 Å². The average Bonchev–Trinajstić information content (AvgIpc) is 3.13. The SMILES string of the molecule is NC(CO)C(=O)NC(CC(=O)O)C(=O)N1CCCC1C(=O)NC(CO)C(=O)O. The second kappa shape index (κ2) is 10.5. The number of nitrogens with one attached hydrogen (secondary N) is 2. The zero-order chi connectivity index (χ0) is 21.4. The number of amides is 3. The normalized spacial score (nSPS) is 19.4. The molecule has 4 unspecified atom stereocenters. The van der Waals surface area contributed by atoms with Gasteiger partial charge in [-0.15, -0.1) is 0 Å². The fraction of sp³-hybridized carbons (Fsp3) is 0.667. The van der Waals surface area contributed by atoms with Gasteiger partial charge in [-0.05, 0) is 12.8 Å². The Kier molecular flexibility index (Phi) is 8.76. The van der Waals surface area contributed by atoms with Gasteiger partial charge in [-0.1, -0.05) is 0 Å². The number of likely N-dealkylation sites (tertiary alicyclic amines) is 1. The van der Waals surface area contributed by atoms with Crippen molar-refractivity contribution in [2.75, 3.05) is 19.8 Å². The maximum absolute atomic E-state index is 12.7. The van der Waals surface area contributed by atoms with Crippen LogP contribution in [0.3, 0.4) is 0 Å². The van der Waals surface area contributed by atoms with E-state index in [0.717, 1.165) is 4.90 Å². The molecule has 0 bridgehead atoms. The highest BCUT2D eigenvalue weighted by atomic mass is 16.4. The summed E-state index contributed by atoms with van der Waals surface area (Å²) in [6.45, 7) is -1.48. The lowest BCUT2D eigenvalue weighted by atomic mass is 10.1. The molecule has 4 atom stereocenters. The van der Waals surface area contributed by atoms with E-state index in [0.29, 0.717) is 6.42 Å². The monoisotopic (exact) mass is 404 g/mol. The lowest BCUT2D eigenvalue weighted by molar-refractivity contribution is -0.147. The van der Waals surface area contributed by atoms with Crippen LogP contribution >= 0.6 is 0 Å². The highest BCUT2D eigenvalue weighted by molar-refractivity contribution is 5.96. The van der Waals surface area contributed by atoms with Crippen molar-refractivity contribution in [1.29, 1.82) is 0 Å². The molecular weight excluding hydrogens is 380 g/mol. The summed E-state index contributed by atoms with van der Waals surface area (Å²) in [6, 6.07) is -5.52. The van der Waals surface area contributed by atoms with Gasteiger partial charge in [-0.3, -0.25) is 19.2 Å². The number of nitrogens with zero attached hydrogens (tertiary/aromatic N) is 1. The number of carbonyl (C=O) groups excluding carboxylic acids is 3. The molecule has 13 nitrogen and oxygen atoms in total. The summed E-state index contributed by atoms with van der Waals surface area (Å²) in [5, 5.41) is 40.0. The summed E-state index contributed by atoms with van der Waals surface area (Å²) < 4.78 is 0. The first kappa shape index (κ1) is 23.3. The Bertz CT molecular complexity index is 627. The van der Waals surface area contributed by atoms with Crippen LogP contribution in [0.4, 0.5) is 0 Å². The third-order valence-corrected chi connectivity index (χ3v) is 4.16. The molecule has 1 aliphatic heterocycles. The molecular formula is C15H24N4O9. The van der Waals surface area contributed by atoms with E-state index >= 15 is 0 Å². The summed E-state index contributed by atoms with van der Waals surface area (Å²) in [5.74, 6) is -5.45. The van der Waals surface area contributed by atoms with Crippen molar-refractivity contribution in [3.63, 3.8) is 0 Å². The molecule has 158 valence electrons. The quantitative estimate of drug-likeness (QED) is 0.186. The second-order valence-electron chi connectivity index (χ2n) is 6.22. The smallest absolute Gasteiger partial charge is 0.328 e. The number of carboxylic acids is 2. The van der Waals surface area contributed by atoms with Crippen LogP contribution in [0, 0.1) is 0 Å². The fourth-order valence-electron chi connectivity index (χ4n) is 2.69. The molecule has 0 saturated carbocycles. The van der Waals surface area contributed by atoms with Crippen molar-refractivity contribution >= 4 is 29.7 Å². The van der Waals surface area contributed by atoms with Crippen molar-refractivity contribution < 1.29 is 44.4 Å². The highest BCUT2D eigenvalue weighted by Gasteiger charge is 2.39. The molecule has 1 aliphatic rings. The third kappa shape index (κ3) is 6.14. The van der Waals surface area contributed by atoms with Gasteiger partial charge >= 0.3 is 11.9 Å². The average molecular weight is 404 g/mol. The third-order valence-electron chi connectivity index (χ3n) is 4.16. The number of aliphatic hydroxyl groups is 2. The molecule has 1 saturated heterocycles. The molecule has 28 heavy (non-hydrogen) atoms. The molecule has 13 heteroatoms. The van der Waals surface area contributed by atoms with Crippen LogP contribution in [-0.2, 0) is 24.0 Å². The summed E-state index contributed by atoms with van der Waals surface area (Å²) >= 11 is 0. The van der Waals surface area contributed by atoms with E-state index in [9.17, 15) is 24.0 Å². The molecule has 1 heterocycles.